The summed E-state index contributed by atoms with van der Waals surface area (Å²) in [5.74, 6) is -0.172. The van der Waals surface area contributed by atoms with E-state index in [2.05, 4.69) is 10.5 Å². The molecule has 21 heavy (non-hydrogen) atoms. The van der Waals surface area contributed by atoms with Crippen molar-refractivity contribution in [1.82, 2.24) is 5.32 Å². The minimum atomic E-state index is -0.888. The Morgan fingerprint density at radius 1 is 1.38 bits per heavy atom. The van der Waals surface area contributed by atoms with E-state index in [9.17, 15) is 4.79 Å². The van der Waals surface area contributed by atoms with E-state index in [1.54, 1.807) is 7.11 Å². The lowest BCUT2D eigenvalue weighted by Crippen LogP contribution is -2.54. The summed E-state index contributed by atoms with van der Waals surface area (Å²) in [7, 11) is 1.63. The molecule has 1 amide bonds. The van der Waals surface area contributed by atoms with Crippen molar-refractivity contribution in [3.8, 4) is 0 Å². The van der Waals surface area contributed by atoms with Gasteiger partial charge in [0, 0.05) is 26.7 Å². The van der Waals surface area contributed by atoms with E-state index in [4.69, 9.17) is 20.4 Å². The maximum absolute atomic E-state index is 12.7. The molecule has 120 valence electrons. The molecule has 2 aliphatic rings. The highest BCUT2D eigenvalue weighted by Crippen LogP contribution is 2.37. The Morgan fingerprint density at radius 3 is 2.62 bits per heavy atom. The van der Waals surface area contributed by atoms with Crippen LogP contribution in [0.15, 0.2) is 5.16 Å². The lowest BCUT2D eigenvalue weighted by Gasteiger charge is -2.36. The molecule has 2 rings (SSSR count). The molecule has 1 heterocycles. The number of methoxy groups -OCH3 is 1. The van der Waals surface area contributed by atoms with E-state index < -0.39 is 11.0 Å². The molecule has 1 aliphatic heterocycles. The van der Waals surface area contributed by atoms with Crippen molar-refractivity contribution in [3.05, 3.63) is 0 Å². The molecule has 7 nitrogen and oxygen atoms in total. The molecule has 0 aromatic heterocycles. The molecule has 0 bridgehead atoms. The number of nitrogens with zero attached hydrogens (tertiary/aromatic N) is 1. The van der Waals surface area contributed by atoms with Gasteiger partial charge in [-0.05, 0) is 12.8 Å². The van der Waals surface area contributed by atoms with Crippen LogP contribution in [0.25, 0.3) is 0 Å². The highest BCUT2D eigenvalue weighted by Gasteiger charge is 2.45. The molecule has 0 aromatic carbocycles. The van der Waals surface area contributed by atoms with Gasteiger partial charge in [0.1, 0.15) is 11.0 Å². The quantitative estimate of drug-likeness (QED) is 0.298. The molecule has 0 radical (unpaired) electrons. The number of rotatable bonds is 5. The van der Waals surface area contributed by atoms with E-state index in [1.165, 1.54) is 0 Å². The molecule has 1 saturated carbocycles. The van der Waals surface area contributed by atoms with Crippen molar-refractivity contribution in [2.75, 3.05) is 26.9 Å². The van der Waals surface area contributed by atoms with Gasteiger partial charge in [-0.3, -0.25) is 4.79 Å². The first kappa shape index (κ1) is 16.0. The second-order valence-corrected chi connectivity index (χ2v) is 6.00. The van der Waals surface area contributed by atoms with Gasteiger partial charge in [0.05, 0.1) is 6.61 Å². The van der Waals surface area contributed by atoms with Crippen LogP contribution in [0, 0.1) is 5.41 Å². The third-order valence-electron chi connectivity index (χ3n) is 4.81. The summed E-state index contributed by atoms with van der Waals surface area (Å²) in [6.07, 6.45) is 4.87. The summed E-state index contributed by atoms with van der Waals surface area (Å²) in [4.78, 5) is 12.7. The van der Waals surface area contributed by atoms with Crippen molar-refractivity contribution in [2.24, 2.45) is 16.3 Å². The minimum absolute atomic E-state index is 0.00818. The normalized spacial score (nSPS) is 29.3. The van der Waals surface area contributed by atoms with E-state index in [0.29, 0.717) is 32.6 Å². The summed E-state index contributed by atoms with van der Waals surface area (Å²) in [5, 5.41) is 15.0. The first-order valence-electron chi connectivity index (χ1n) is 7.48. The maximum Gasteiger partial charge on any atom is 0.234 e. The highest BCUT2D eigenvalue weighted by molar-refractivity contribution is 6.06. The highest BCUT2D eigenvalue weighted by atomic mass is 16.5. The van der Waals surface area contributed by atoms with Crippen LogP contribution >= 0.6 is 0 Å². The fourth-order valence-electron chi connectivity index (χ4n) is 3.22. The summed E-state index contributed by atoms with van der Waals surface area (Å²) < 4.78 is 10.9. The van der Waals surface area contributed by atoms with Crippen molar-refractivity contribution < 1.29 is 19.5 Å². The summed E-state index contributed by atoms with van der Waals surface area (Å²) >= 11 is 0. The van der Waals surface area contributed by atoms with Crippen LogP contribution < -0.4 is 11.1 Å². The number of amides is 1. The minimum Gasteiger partial charge on any atom is -0.409 e. The molecule has 0 spiro atoms. The summed E-state index contributed by atoms with van der Waals surface area (Å²) in [5.41, 5.74) is 4.47. The predicted octanol–water partition coefficient (Wildman–Crippen LogP) is 0.605. The molecule has 1 aliphatic carbocycles. The molecule has 1 unspecified atom stereocenters. The van der Waals surface area contributed by atoms with Gasteiger partial charge in [-0.2, -0.15) is 0 Å². The summed E-state index contributed by atoms with van der Waals surface area (Å²) in [6, 6.07) is 0. The number of amidine groups is 1. The van der Waals surface area contributed by atoms with Gasteiger partial charge in [0.25, 0.3) is 0 Å². The fourth-order valence-corrected chi connectivity index (χ4v) is 3.22. The third kappa shape index (κ3) is 3.13. The average Bonchev–Trinajstić information content (AvgIpc) is 3.02. The Hall–Kier alpha value is -1.34. The van der Waals surface area contributed by atoms with Crippen LogP contribution in [-0.4, -0.2) is 49.4 Å². The zero-order valence-electron chi connectivity index (χ0n) is 12.6. The van der Waals surface area contributed by atoms with Crippen molar-refractivity contribution in [1.29, 1.82) is 0 Å². The SMILES string of the molecule is COC1(CNC(=O)C2(C(N)=NO)CCCCC2)CCOC1. The fraction of sp³-hybridized carbons (Fsp3) is 0.857. The van der Waals surface area contributed by atoms with Gasteiger partial charge >= 0.3 is 0 Å². The standard InChI is InChI=1S/C14H25N3O4/c1-20-13(7-8-21-10-13)9-16-12(18)14(11(15)17-19)5-3-2-4-6-14/h19H,2-10H2,1H3,(H2,15,17)(H,16,18). The van der Waals surface area contributed by atoms with E-state index in [1.807, 2.05) is 0 Å². The zero-order chi connectivity index (χ0) is 15.3. The molecular formula is C14H25N3O4. The van der Waals surface area contributed by atoms with Gasteiger partial charge in [-0.1, -0.05) is 24.4 Å². The van der Waals surface area contributed by atoms with Crippen molar-refractivity contribution in [3.63, 3.8) is 0 Å². The monoisotopic (exact) mass is 299 g/mol. The van der Waals surface area contributed by atoms with Crippen LogP contribution in [0.2, 0.25) is 0 Å². The lowest BCUT2D eigenvalue weighted by atomic mass is 9.72. The number of oxime groups is 1. The predicted molar refractivity (Wildman–Crippen MR) is 77.1 cm³/mol. The number of carbonyl (C=O) groups excluding carboxylic acids is 1. The summed E-state index contributed by atoms with van der Waals surface area (Å²) in [6.45, 7) is 1.48. The number of hydrogen-bond acceptors (Lipinski definition) is 5. The van der Waals surface area contributed by atoms with Crippen molar-refractivity contribution in [2.45, 2.75) is 44.1 Å². The van der Waals surface area contributed by atoms with Crippen molar-refractivity contribution >= 4 is 11.7 Å². The Morgan fingerprint density at radius 2 is 2.10 bits per heavy atom. The molecule has 0 aromatic rings. The molecule has 7 heteroatoms. The maximum atomic E-state index is 12.7. The Kier molecular flexibility index (Phi) is 5.05. The van der Waals surface area contributed by atoms with Gasteiger partial charge < -0.3 is 25.7 Å². The van der Waals surface area contributed by atoms with Gasteiger partial charge in [0.2, 0.25) is 5.91 Å². The average molecular weight is 299 g/mol. The number of carbonyl (C=O) groups is 1. The second-order valence-electron chi connectivity index (χ2n) is 6.00. The largest absolute Gasteiger partial charge is 0.409 e. The second kappa shape index (κ2) is 6.62. The van der Waals surface area contributed by atoms with Crippen LogP contribution in [-0.2, 0) is 14.3 Å². The van der Waals surface area contributed by atoms with E-state index >= 15 is 0 Å². The zero-order valence-corrected chi connectivity index (χ0v) is 12.6. The van der Waals surface area contributed by atoms with Crippen LogP contribution in [0.5, 0.6) is 0 Å². The molecule has 1 saturated heterocycles. The van der Waals surface area contributed by atoms with E-state index in [0.717, 1.165) is 25.7 Å². The molecule has 2 fully saturated rings. The van der Waals surface area contributed by atoms with Gasteiger partial charge in [-0.15, -0.1) is 0 Å². The Bertz CT molecular complexity index is 399. The van der Waals surface area contributed by atoms with E-state index in [-0.39, 0.29) is 11.7 Å². The first-order chi connectivity index (χ1) is 10.1. The topological polar surface area (TPSA) is 106 Å². The first-order valence-corrected chi connectivity index (χ1v) is 7.48. The molecule has 4 N–H and O–H groups in total. The van der Waals surface area contributed by atoms with Gasteiger partial charge in [-0.25, -0.2) is 0 Å². The number of hydrogen-bond donors (Lipinski definition) is 3. The number of ether oxygens (including phenoxy) is 2. The Balaban J connectivity index is 2.05. The van der Waals surface area contributed by atoms with Crippen LogP contribution in [0.1, 0.15) is 38.5 Å². The lowest BCUT2D eigenvalue weighted by molar-refractivity contribution is -0.130. The van der Waals surface area contributed by atoms with Crippen LogP contribution in [0.4, 0.5) is 0 Å². The number of nitrogens with two attached hydrogens (primary N) is 1. The smallest absolute Gasteiger partial charge is 0.234 e. The molecular weight excluding hydrogens is 274 g/mol. The van der Waals surface area contributed by atoms with Gasteiger partial charge in [0.15, 0.2) is 5.84 Å². The molecule has 1 atom stereocenters. The number of nitrogens with one attached hydrogen (secondary N) is 1. The Labute approximate surface area is 124 Å². The third-order valence-corrected chi connectivity index (χ3v) is 4.81. The van der Waals surface area contributed by atoms with Crippen LogP contribution in [0.3, 0.4) is 0 Å².